The second-order valence-corrected chi connectivity index (χ2v) is 1.86. The van der Waals surface area contributed by atoms with Crippen molar-refractivity contribution in [1.29, 1.82) is 0 Å². The first-order chi connectivity index (χ1) is 4.31. The van der Waals surface area contributed by atoms with Crippen molar-refractivity contribution in [2.75, 3.05) is 13.2 Å². The Morgan fingerprint density at radius 3 is 2.44 bits per heavy atom. The van der Waals surface area contributed by atoms with Crippen LogP contribution in [-0.2, 0) is 9.78 Å². The lowest BCUT2D eigenvalue weighted by Crippen LogP contribution is -2.24. The van der Waals surface area contributed by atoms with Crippen molar-refractivity contribution in [3.8, 4) is 0 Å². The van der Waals surface area contributed by atoms with Crippen molar-refractivity contribution in [1.82, 2.24) is 0 Å². The molecule has 0 fully saturated rings. The highest BCUT2D eigenvalue weighted by molar-refractivity contribution is 4.53. The lowest BCUT2D eigenvalue weighted by atomic mass is 10.3. The lowest BCUT2D eigenvalue weighted by molar-refractivity contribution is -0.293. The molecule has 0 saturated heterocycles. The zero-order chi connectivity index (χ0) is 7.11. The van der Waals surface area contributed by atoms with Gasteiger partial charge in [0.25, 0.3) is 0 Å². The van der Waals surface area contributed by atoms with Crippen LogP contribution in [0.2, 0.25) is 0 Å². The Bertz CT molecular complexity index is 59.0. The molecule has 0 radical (unpaired) electrons. The molecule has 0 spiro atoms. The molecule has 0 bridgehead atoms. The molecular weight excluding hydrogens is 118 g/mol. The summed E-state index contributed by atoms with van der Waals surface area (Å²) in [6.45, 7) is 4.96. The molecule has 0 heterocycles. The third kappa shape index (κ3) is 5.76. The molecule has 0 aromatic rings. The molecule has 0 rings (SSSR count). The molecule has 9 heavy (non-hydrogen) atoms. The van der Waals surface area contributed by atoms with Crippen LogP contribution in [0.15, 0.2) is 0 Å². The Morgan fingerprint density at radius 2 is 2.00 bits per heavy atom. The van der Waals surface area contributed by atoms with E-state index in [1.807, 2.05) is 13.8 Å². The van der Waals surface area contributed by atoms with Gasteiger partial charge in [0.2, 0.25) is 0 Å². The number of hydrogen-bond acceptors (Lipinski definition) is 3. The molecule has 3 nitrogen and oxygen atoms in total. The van der Waals surface area contributed by atoms with Crippen LogP contribution in [0.1, 0.15) is 20.3 Å². The third-order valence-corrected chi connectivity index (χ3v) is 1.01. The second kappa shape index (κ2) is 6.01. The summed E-state index contributed by atoms with van der Waals surface area (Å²) in [6, 6.07) is 0.108. The summed E-state index contributed by atoms with van der Waals surface area (Å²) in [4.78, 5) is 9.34. The molecule has 0 aliphatic rings. The third-order valence-electron chi connectivity index (χ3n) is 1.01. The molecule has 56 valence electrons. The largest absolute Gasteiger partial charge is 0.326 e. The van der Waals surface area contributed by atoms with Crippen molar-refractivity contribution >= 4 is 0 Å². The van der Waals surface area contributed by atoms with E-state index in [1.54, 1.807) is 0 Å². The Balaban J connectivity index is 2.88. The van der Waals surface area contributed by atoms with Crippen molar-refractivity contribution in [3.63, 3.8) is 0 Å². The standard InChI is InChI=1S/C6H15NO2/c1-3-6(7)5-9-8-4-2/h6H,3-5,7H2,1-2H3. The quantitative estimate of drug-likeness (QED) is 0.341. The van der Waals surface area contributed by atoms with Gasteiger partial charge < -0.3 is 5.73 Å². The van der Waals surface area contributed by atoms with Gasteiger partial charge in [-0.15, -0.1) is 0 Å². The Labute approximate surface area is 56.1 Å². The minimum absolute atomic E-state index is 0.108. The van der Waals surface area contributed by atoms with E-state index in [0.29, 0.717) is 13.2 Å². The van der Waals surface area contributed by atoms with E-state index in [9.17, 15) is 0 Å². The van der Waals surface area contributed by atoms with Gasteiger partial charge in [0.1, 0.15) is 0 Å². The van der Waals surface area contributed by atoms with E-state index in [2.05, 4.69) is 4.89 Å². The molecule has 3 heteroatoms. The van der Waals surface area contributed by atoms with Crippen LogP contribution < -0.4 is 5.73 Å². The molecule has 1 atom stereocenters. The highest BCUT2D eigenvalue weighted by Gasteiger charge is 1.97. The van der Waals surface area contributed by atoms with Gasteiger partial charge in [0.05, 0.1) is 13.2 Å². The van der Waals surface area contributed by atoms with Crippen LogP contribution in [0, 0.1) is 0 Å². The van der Waals surface area contributed by atoms with E-state index in [0.717, 1.165) is 6.42 Å². The van der Waals surface area contributed by atoms with Crippen LogP contribution in [0.5, 0.6) is 0 Å². The predicted molar refractivity (Wildman–Crippen MR) is 35.8 cm³/mol. The van der Waals surface area contributed by atoms with Crippen LogP contribution in [-0.4, -0.2) is 19.3 Å². The van der Waals surface area contributed by atoms with Gasteiger partial charge in [-0.1, -0.05) is 6.92 Å². The average Bonchev–Trinajstić information content (AvgIpc) is 1.89. The zero-order valence-corrected chi connectivity index (χ0v) is 6.09. The molecule has 0 aromatic carbocycles. The fourth-order valence-corrected chi connectivity index (χ4v) is 0.337. The molecule has 0 amide bonds. The van der Waals surface area contributed by atoms with Gasteiger partial charge in [0, 0.05) is 6.04 Å². The average molecular weight is 133 g/mol. The summed E-state index contributed by atoms with van der Waals surface area (Å²) in [5.74, 6) is 0. The first-order valence-electron chi connectivity index (χ1n) is 3.31. The van der Waals surface area contributed by atoms with Gasteiger partial charge in [0.15, 0.2) is 0 Å². The van der Waals surface area contributed by atoms with Gasteiger partial charge in [-0.2, -0.15) is 0 Å². The molecule has 2 N–H and O–H groups in total. The van der Waals surface area contributed by atoms with Gasteiger partial charge in [-0.3, -0.25) is 0 Å². The first kappa shape index (κ1) is 8.88. The maximum Gasteiger partial charge on any atom is 0.0973 e. The van der Waals surface area contributed by atoms with E-state index in [4.69, 9.17) is 10.6 Å². The minimum Gasteiger partial charge on any atom is -0.326 e. The number of hydrogen-bond donors (Lipinski definition) is 1. The van der Waals surface area contributed by atoms with E-state index < -0.39 is 0 Å². The van der Waals surface area contributed by atoms with Crippen LogP contribution >= 0.6 is 0 Å². The van der Waals surface area contributed by atoms with Crippen LogP contribution in [0.25, 0.3) is 0 Å². The fourth-order valence-electron chi connectivity index (χ4n) is 0.337. The second-order valence-electron chi connectivity index (χ2n) is 1.86. The SMILES string of the molecule is CCOOCC(N)CC. The van der Waals surface area contributed by atoms with Gasteiger partial charge >= 0.3 is 0 Å². The van der Waals surface area contributed by atoms with E-state index in [1.165, 1.54) is 0 Å². The van der Waals surface area contributed by atoms with Crippen molar-refractivity contribution in [2.24, 2.45) is 5.73 Å². The summed E-state index contributed by atoms with van der Waals surface area (Å²) in [5.41, 5.74) is 5.51. The lowest BCUT2D eigenvalue weighted by Gasteiger charge is -2.06. The fraction of sp³-hybridized carbons (Fsp3) is 1.00. The zero-order valence-electron chi connectivity index (χ0n) is 6.09. The summed E-state index contributed by atoms with van der Waals surface area (Å²) >= 11 is 0. The molecule has 0 aliphatic heterocycles. The van der Waals surface area contributed by atoms with Crippen LogP contribution in [0.4, 0.5) is 0 Å². The molecule has 0 aromatic heterocycles. The van der Waals surface area contributed by atoms with Crippen molar-refractivity contribution < 1.29 is 9.78 Å². The monoisotopic (exact) mass is 133 g/mol. The Hall–Kier alpha value is -0.120. The maximum atomic E-state index is 5.51. The summed E-state index contributed by atoms with van der Waals surface area (Å²) in [5, 5.41) is 0. The van der Waals surface area contributed by atoms with Crippen LogP contribution in [0.3, 0.4) is 0 Å². The topological polar surface area (TPSA) is 44.5 Å². The molecule has 1 unspecified atom stereocenters. The first-order valence-corrected chi connectivity index (χ1v) is 3.31. The minimum atomic E-state index is 0.108. The molecular formula is C6H15NO2. The highest BCUT2D eigenvalue weighted by Crippen LogP contribution is 1.87. The number of rotatable bonds is 5. The predicted octanol–water partition coefficient (Wildman–Crippen LogP) is 0.692. The summed E-state index contributed by atoms with van der Waals surface area (Å²) in [6.07, 6.45) is 0.924. The molecule has 0 aliphatic carbocycles. The highest BCUT2D eigenvalue weighted by atomic mass is 17.2. The van der Waals surface area contributed by atoms with E-state index in [-0.39, 0.29) is 6.04 Å². The number of nitrogens with two attached hydrogens (primary N) is 1. The normalized spacial score (nSPS) is 13.7. The molecule has 0 saturated carbocycles. The smallest absolute Gasteiger partial charge is 0.0973 e. The Morgan fingerprint density at radius 1 is 1.33 bits per heavy atom. The summed E-state index contributed by atoms with van der Waals surface area (Å²) < 4.78 is 0. The van der Waals surface area contributed by atoms with Crippen molar-refractivity contribution in [2.45, 2.75) is 26.3 Å². The van der Waals surface area contributed by atoms with E-state index >= 15 is 0 Å². The van der Waals surface area contributed by atoms with Gasteiger partial charge in [-0.05, 0) is 13.3 Å². The Kier molecular flexibility index (Phi) is 5.93. The van der Waals surface area contributed by atoms with Gasteiger partial charge in [-0.25, -0.2) is 9.78 Å². The summed E-state index contributed by atoms with van der Waals surface area (Å²) in [7, 11) is 0. The maximum absolute atomic E-state index is 5.51. The van der Waals surface area contributed by atoms with Crippen molar-refractivity contribution in [3.05, 3.63) is 0 Å².